The second-order valence-electron chi connectivity index (χ2n) is 6.07. The van der Waals surface area contributed by atoms with E-state index in [1.807, 2.05) is 42.5 Å². The van der Waals surface area contributed by atoms with Crippen molar-refractivity contribution in [3.05, 3.63) is 58.6 Å². The predicted molar refractivity (Wildman–Crippen MR) is 102 cm³/mol. The van der Waals surface area contributed by atoms with Crippen LogP contribution >= 0.6 is 15.9 Å². The lowest BCUT2D eigenvalue weighted by Crippen LogP contribution is -3.14. The van der Waals surface area contributed by atoms with Crippen LogP contribution in [0.2, 0.25) is 0 Å². The van der Waals surface area contributed by atoms with Crippen LogP contribution in [-0.4, -0.2) is 38.6 Å². The number of likely N-dealkylation sites (N-methyl/N-ethyl adjacent to an activating group) is 1. The Morgan fingerprint density at radius 2 is 1.92 bits per heavy atom. The summed E-state index contributed by atoms with van der Waals surface area (Å²) in [5.74, 6) is -0.0819. The van der Waals surface area contributed by atoms with E-state index in [1.165, 1.54) is 6.54 Å². The van der Waals surface area contributed by atoms with Crippen molar-refractivity contribution in [1.82, 2.24) is 0 Å². The Morgan fingerprint density at radius 1 is 1.17 bits per heavy atom. The minimum Gasteiger partial charge on any atom is -0.359 e. The average Bonchev–Trinajstić information content (AvgIpc) is 2.62. The number of carbonyl (C=O) groups excluding carboxylic acids is 1. The highest BCUT2D eigenvalue weighted by atomic mass is 79.9. The van der Waals surface area contributed by atoms with Gasteiger partial charge in [-0.15, -0.1) is 0 Å². The van der Waals surface area contributed by atoms with E-state index >= 15 is 0 Å². The molecular weight excluding hydrogens is 366 g/mol. The minimum absolute atomic E-state index is 0.0819. The molecule has 1 heterocycles. The van der Waals surface area contributed by atoms with E-state index in [0.29, 0.717) is 5.56 Å². The maximum Gasteiger partial charge on any atom is 0.255 e. The number of quaternary nitrogens is 1. The Bertz CT molecular complexity index is 711. The van der Waals surface area contributed by atoms with Gasteiger partial charge in [-0.25, -0.2) is 0 Å². The highest BCUT2D eigenvalue weighted by Gasteiger charge is 2.21. The molecule has 1 fully saturated rings. The van der Waals surface area contributed by atoms with E-state index in [1.54, 1.807) is 4.90 Å². The molecule has 1 aliphatic rings. The zero-order valence-electron chi connectivity index (χ0n) is 13.9. The number of carbonyl (C=O) groups is 1. The second kappa shape index (κ2) is 7.81. The number of para-hydroxylation sites is 2. The number of nitrogens with one attached hydrogen (secondary N) is 2. The van der Waals surface area contributed by atoms with Gasteiger partial charge in [-0.1, -0.05) is 34.1 Å². The van der Waals surface area contributed by atoms with Crippen molar-refractivity contribution < 1.29 is 9.69 Å². The molecule has 2 N–H and O–H groups in total. The summed E-state index contributed by atoms with van der Waals surface area (Å²) in [5.41, 5.74) is 2.64. The maximum atomic E-state index is 12.5. The largest absolute Gasteiger partial charge is 0.359 e. The summed E-state index contributed by atoms with van der Waals surface area (Å²) in [7, 11) is 0. The third kappa shape index (κ3) is 3.97. The number of piperazine rings is 1. The molecule has 126 valence electrons. The highest BCUT2D eigenvalue weighted by Crippen LogP contribution is 2.26. The van der Waals surface area contributed by atoms with Crippen molar-refractivity contribution in [2.45, 2.75) is 6.92 Å². The highest BCUT2D eigenvalue weighted by molar-refractivity contribution is 9.10. The number of benzene rings is 2. The monoisotopic (exact) mass is 388 g/mol. The number of hydrogen-bond donors (Lipinski definition) is 2. The first-order chi connectivity index (χ1) is 11.7. The van der Waals surface area contributed by atoms with Gasteiger partial charge in [0.25, 0.3) is 5.91 Å². The standard InChI is InChI=1S/C19H22BrN3O/c1-2-22-10-12-23(13-11-22)18-9-4-3-8-17(18)21-19(24)15-6-5-7-16(20)14-15/h3-9,14H,2,10-13H2,1H3,(H,21,24)/p+1. The first kappa shape index (κ1) is 17.0. The van der Waals surface area contributed by atoms with E-state index < -0.39 is 0 Å². The maximum absolute atomic E-state index is 12.5. The third-order valence-corrected chi connectivity index (χ3v) is 5.04. The average molecular weight is 389 g/mol. The minimum atomic E-state index is -0.0819. The van der Waals surface area contributed by atoms with Crippen molar-refractivity contribution in [2.75, 3.05) is 42.9 Å². The molecule has 3 rings (SSSR count). The van der Waals surface area contributed by atoms with Gasteiger partial charge in [0.2, 0.25) is 0 Å². The van der Waals surface area contributed by atoms with Crippen molar-refractivity contribution in [3.63, 3.8) is 0 Å². The molecule has 0 aromatic heterocycles. The van der Waals surface area contributed by atoms with Crippen LogP contribution in [0.5, 0.6) is 0 Å². The molecule has 2 aromatic rings. The molecule has 0 bridgehead atoms. The summed E-state index contributed by atoms with van der Waals surface area (Å²) in [6, 6.07) is 15.5. The molecule has 0 unspecified atom stereocenters. The van der Waals surface area contributed by atoms with Crippen LogP contribution < -0.4 is 15.1 Å². The van der Waals surface area contributed by atoms with Crippen LogP contribution in [0, 0.1) is 0 Å². The molecule has 0 aliphatic carbocycles. The smallest absolute Gasteiger partial charge is 0.255 e. The van der Waals surface area contributed by atoms with Crippen LogP contribution in [0.1, 0.15) is 17.3 Å². The molecule has 4 nitrogen and oxygen atoms in total. The van der Waals surface area contributed by atoms with Gasteiger partial charge in [0, 0.05) is 10.0 Å². The van der Waals surface area contributed by atoms with Crippen LogP contribution in [-0.2, 0) is 0 Å². The number of rotatable bonds is 4. The SMILES string of the molecule is CC[NH+]1CCN(c2ccccc2NC(=O)c2cccc(Br)c2)CC1. The number of hydrogen-bond acceptors (Lipinski definition) is 2. The predicted octanol–water partition coefficient (Wildman–Crippen LogP) is 2.43. The van der Waals surface area contributed by atoms with Gasteiger partial charge >= 0.3 is 0 Å². The van der Waals surface area contributed by atoms with E-state index in [9.17, 15) is 4.79 Å². The molecule has 0 atom stereocenters. The van der Waals surface area contributed by atoms with Gasteiger partial charge in [-0.3, -0.25) is 4.79 Å². The van der Waals surface area contributed by atoms with Crippen LogP contribution in [0.4, 0.5) is 11.4 Å². The molecule has 24 heavy (non-hydrogen) atoms. The van der Waals surface area contributed by atoms with Crippen LogP contribution in [0.15, 0.2) is 53.0 Å². The number of anilines is 2. The van der Waals surface area contributed by atoms with Crippen LogP contribution in [0.25, 0.3) is 0 Å². The molecule has 0 spiro atoms. The number of nitrogens with zero attached hydrogens (tertiary/aromatic N) is 1. The lowest BCUT2D eigenvalue weighted by atomic mass is 10.1. The van der Waals surface area contributed by atoms with Crippen molar-refractivity contribution >= 4 is 33.2 Å². The second-order valence-corrected chi connectivity index (χ2v) is 6.99. The van der Waals surface area contributed by atoms with Crippen molar-refractivity contribution in [2.24, 2.45) is 0 Å². The lowest BCUT2D eigenvalue weighted by molar-refractivity contribution is -0.898. The Balaban J connectivity index is 1.76. The molecule has 1 amide bonds. The topological polar surface area (TPSA) is 36.8 Å². The van der Waals surface area contributed by atoms with Gasteiger partial charge in [0.1, 0.15) is 0 Å². The molecule has 0 saturated carbocycles. The summed E-state index contributed by atoms with van der Waals surface area (Å²) in [4.78, 5) is 16.6. The zero-order valence-corrected chi connectivity index (χ0v) is 15.5. The van der Waals surface area contributed by atoms with Crippen LogP contribution in [0.3, 0.4) is 0 Å². The van der Waals surface area contributed by atoms with E-state index in [4.69, 9.17) is 0 Å². The third-order valence-electron chi connectivity index (χ3n) is 4.55. The summed E-state index contributed by atoms with van der Waals surface area (Å²) in [6.07, 6.45) is 0. The zero-order chi connectivity index (χ0) is 16.9. The van der Waals surface area contributed by atoms with Crippen molar-refractivity contribution in [1.29, 1.82) is 0 Å². The van der Waals surface area contributed by atoms with Gasteiger partial charge in [0.05, 0.1) is 44.1 Å². The summed E-state index contributed by atoms with van der Waals surface area (Å²) < 4.78 is 0.905. The molecule has 1 aliphatic heterocycles. The Labute approximate surface area is 151 Å². The lowest BCUT2D eigenvalue weighted by Gasteiger charge is -2.34. The Morgan fingerprint density at radius 3 is 2.62 bits per heavy atom. The fourth-order valence-electron chi connectivity index (χ4n) is 3.10. The molecular formula is C19H23BrN3O+. The van der Waals surface area contributed by atoms with Gasteiger partial charge in [0.15, 0.2) is 0 Å². The van der Waals surface area contributed by atoms with E-state index in [2.05, 4.69) is 39.1 Å². The molecule has 0 radical (unpaired) electrons. The van der Waals surface area contributed by atoms with E-state index in [0.717, 1.165) is 42.0 Å². The summed E-state index contributed by atoms with van der Waals surface area (Å²) >= 11 is 3.41. The van der Waals surface area contributed by atoms with Gasteiger partial charge in [-0.05, 0) is 37.3 Å². The van der Waals surface area contributed by atoms with Crippen molar-refractivity contribution in [3.8, 4) is 0 Å². The fourth-order valence-corrected chi connectivity index (χ4v) is 3.50. The first-order valence-corrected chi connectivity index (χ1v) is 9.21. The summed E-state index contributed by atoms with van der Waals surface area (Å²) in [5, 5.41) is 3.07. The summed E-state index contributed by atoms with van der Waals surface area (Å²) in [6.45, 7) is 7.74. The quantitative estimate of drug-likeness (QED) is 0.843. The number of halogens is 1. The number of amides is 1. The van der Waals surface area contributed by atoms with Gasteiger partial charge in [-0.2, -0.15) is 0 Å². The Hall–Kier alpha value is -1.85. The van der Waals surface area contributed by atoms with E-state index in [-0.39, 0.29) is 5.91 Å². The van der Waals surface area contributed by atoms with Gasteiger partial charge < -0.3 is 15.1 Å². The molecule has 2 aromatic carbocycles. The molecule has 5 heteroatoms. The Kier molecular flexibility index (Phi) is 5.53. The first-order valence-electron chi connectivity index (χ1n) is 8.42. The fraction of sp³-hybridized carbons (Fsp3) is 0.316. The molecule has 1 saturated heterocycles. The normalized spacial score (nSPS) is 15.3.